The highest BCUT2D eigenvalue weighted by Crippen LogP contribution is 2.34. The first-order valence-corrected chi connectivity index (χ1v) is 7.59. The molecule has 1 rings (SSSR count). The first-order valence-electron chi connectivity index (χ1n) is 7.21. The highest BCUT2D eigenvalue weighted by molar-refractivity contribution is 6.30. The van der Waals surface area contributed by atoms with Crippen LogP contribution in [0.15, 0.2) is 12.1 Å². The third kappa shape index (κ3) is 6.55. The molecular weight excluding hydrogens is 290 g/mol. The fourth-order valence-corrected chi connectivity index (χ4v) is 2.05. The van der Waals surface area contributed by atoms with Crippen molar-refractivity contribution in [2.45, 2.75) is 39.8 Å². The molecule has 1 N–H and O–H groups in total. The number of ether oxygens (including phenoxy) is 3. The zero-order valence-corrected chi connectivity index (χ0v) is 14.3. The van der Waals surface area contributed by atoms with Crippen LogP contribution in [0.3, 0.4) is 0 Å². The van der Waals surface area contributed by atoms with Gasteiger partial charge in [-0.1, -0.05) is 18.5 Å². The number of halogens is 1. The number of hydrogen-bond donors (Lipinski definition) is 1. The average molecular weight is 316 g/mol. The van der Waals surface area contributed by atoms with Gasteiger partial charge in [-0.3, -0.25) is 0 Å². The second-order valence-corrected chi connectivity index (χ2v) is 6.12. The number of benzene rings is 1. The minimum atomic E-state index is -0.167. The van der Waals surface area contributed by atoms with E-state index >= 15 is 0 Å². The van der Waals surface area contributed by atoms with Gasteiger partial charge in [0.15, 0.2) is 11.5 Å². The van der Waals surface area contributed by atoms with Gasteiger partial charge >= 0.3 is 0 Å². The summed E-state index contributed by atoms with van der Waals surface area (Å²) in [5.74, 6) is 1.37. The van der Waals surface area contributed by atoms with Crippen LogP contribution >= 0.6 is 11.6 Å². The SMILES string of the molecule is CCNCc1cc(Cl)cc(OC)c1OCCOC(C)(C)C. The van der Waals surface area contributed by atoms with Crippen molar-refractivity contribution in [1.82, 2.24) is 5.32 Å². The maximum Gasteiger partial charge on any atom is 0.165 e. The molecular formula is C16H26ClNO3. The minimum absolute atomic E-state index is 0.167. The van der Waals surface area contributed by atoms with E-state index in [0.29, 0.717) is 30.5 Å². The molecule has 0 bridgehead atoms. The number of methoxy groups -OCH3 is 1. The lowest BCUT2D eigenvalue weighted by atomic mass is 10.2. The molecule has 0 aliphatic carbocycles. The second kappa shape index (κ2) is 8.47. The van der Waals surface area contributed by atoms with E-state index < -0.39 is 0 Å². The molecule has 0 saturated heterocycles. The molecule has 21 heavy (non-hydrogen) atoms. The van der Waals surface area contributed by atoms with E-state index in [4.69, 9.17) is 25.8 Å². The summed E-state index contributed by atoms with van der Waals surface area (Å²) in [7, 11) is 1.61. The molecule has 0 saturated carbocycles. The highest BCUT2D eigenvalue weighted by atomic mass is 35.5. The fourth-order valence-electron chi connectivity index (χ4n) is 1.82. The van der Waals surface area contributed by atoms with Gasteiger partial charge in [0, 0.05) is 23.2 Å². The summed E-state index contributed by atoms with van der Waals surface area (Å²) in [6, 6.07) is 3.66. The van der Waals surface area contributed by atoms with Gasteiger partial charge in [-0.05, 0) is 33.4 Å². The lowest BCUT2D eigenvalue weighted by Gasteiger charge is -2.21. The molecule has 1 aromatic rings. The number of nitrogens with one attached hydrogen (secondary N) is 1. The molecule has 0 amide bonds. The Hall–Kier alpha value is -0.970. The van der Waals surface area contributed by atoms with Gasteiger partial charge in [-0.15, -0.1) is 0 Å². The summed E-state index contributed by atoms with van der Waals surface area (Å²) in [6.07, 6.45) is 0. The van der Waals surface area contributed by atoms with Crippen LogP contribution in [0.1, 0.15) is 33.3 Å². The third-order valence-electron chi connectivity index (χ3n) is 2.75. The van der Waals surface area contributed by atoms with Crippen LogP contribution in [0.4, 0.5) is 0 Å². The third-order valence-corrected chi connectivity index (χ3v) is 2.96. The lowest BCUT2D eigenvalue weighted by Crippen LogP contribution is -2.23. The molecule has 120 valence electrons. The summed E-state index contributed by atoms with van der Waals surface area (Å²) in [5, 5.41) is 3.91. The summed E-state index contributed by atoms with van der Waals surface area (Å²) in [6.45, 7) is 10.7. The van der Waals surface area contributed by atoms with Crippen molar-refractivity contribution in [2.75, 3.05) is 26.9 Å². The van der Waals surface area contributed by atoms with Gasteiger partial charge in [0.2, 0.25) is 0 Å². The topological polar surface area (TPSA) is 39.7 Å². The Morgan fingerprint density at radius 3 is 2.48 bits per heavy atom. The Balaban J connectivity index is 2.77. The molecule has 0 aliphatic heterocycles. The highest BCUT2D eigenvalue weighted by Gasteiger charge is 2.14. The summed E-state index contributed by atoms with van der Waals surface area (Å²) >= 11 is 6.11. The average Bonchev–Trinajstić information content (AvgIpc) is 2.40. The molecule has 0 aliphatic rings. The van der Waals surface area contributed by atoms with Crippen molar-refractivity contribution < 1.29 is 14.2 Å². The van der Waals surface area contributed by atoms with E-state index in [1.165, 1.54) is 0 Å². The van der Waals surface area contributed by atoms with Crippen molar-refractivity contribution in [1.29, 1.82) is 0 Å². The Morgan fingerprint density at radius 1 is 1.19 bits per heavy atom. The minimum Gasteiger partial charge on any atom is -0.493 e. The summed E-state index contributed by atoms with van der Waals surface area (Å²) in [4.78, 5) is 0. The second-order valence-electron chi connectivity index (χ2n) is 5.69. The van der Waals surface area contributed by atoms with Gasteiger partial charge in [0.1, 0.15) is 6.61 Å². The van der Waals surface area contributed by atoms with Gasteiger partial charge in [-0.25, -0.2) is 0 Å². The summed E-state index contributed by atoms with van der Waals surface area (Å²) in [5.41, 5.74) is 0.817. The van der Waals surface area contributed by atoms with Crippen LogP contribution < -0.4 is 14.8 Å². The van der Waals surface area contributed by atoms with Crippen LogP contribution in [0.25, 0.3) is 0 Å². The molecule has 1 aromatic carbocycles. The van der Waals surface area contributed by atoms with Crippen LogP contribution in [-0.2, 0) is 11.3 Å². The molecule has 5 heteroatoms. The first kappa shape index (κ1) is 18.1. The van der Waals surface area contributed by atoms with E-state index in [0.717, 1.165) is 17.9 Å². The van der Waals surface area contributed by atoms with E-state index in [2.05, 4.69) is 12.2 Å². The predicted octanol–water partition coefficient (Wildman–Crippen LogP) is 3.65. The Bertz CT molecular complexity index is 444. The van der Waals surface area contributed by atoms with Gasteiger partial charge in [0.05, 0.1) is 19.3 Å². The van der Waals surface area contributed by atoms with Crippen LogP contribution in [-0.4, -0.2) is 32.5 Å². The van der Waals surface area contributed by atoms with E-state index in [-0.39, 0.29) is 5.60 Å². The maximum absolute atomic E-state index is 6.11. The quantitative estimate of drug-likeness (QED) is 0.743. The standard InChI is InChI=1S/C16H26ClNO3/c1-6-18-11-12-9-13(17)10-14(19-5)15(12)20-7-8-21-16(2,3)4/h9-10,18H,6-8,11H2,1-5H3. The van der Waals surface area contributed by atoms with Crippen LogP contribution in [0, 0.1) is 0 Å². The molecule has 0 heterocycles. The number of rotatable bonds is 8. The van der Waals surface area contributed by atoms with E-state index in [1.54, 1.807) is 13.2 Å². The normalized spacial score (nSPS) is 11.5. The largest absolute Gasteiger partial charge is 0.493 e. The predicted molar refractivity (Wildman–Crippen MR) is 86.6 cm³/mol. The first-order chi connectivity index (χ1) is 9.87. The lowest BCUT2D eigenvalue weighted by molar-refractivity contribution is -0.0166. The zero-order chi connectivity index (χ0) is 15.9. The van der Waals surface area contributed by atoms with Gasteiger partial charge in [-0.2, -0.15) is 0 Å². The molecule has 0 aromatic heterocycles. The molecule has 0 spiro atoms. The van der Waals surface area contributed by atoms with Crippen LogP contribution in [0.2, 0.25) is 5.02 Å². The number of hydrogen-bond acceptors (Lipinski definition) is 4. The van der Waals surface area contributed by atoms with Crippen molar-refractivity contribution >= 4 is 11.6 Å². The van der Waals surface area contributed by atoms with Crippen molar-refractivity contribution in [2.24, 2.45) is 0 Å². The molecule has 0 fully saturated rings. The Morgan fingerprint density at radius 2 is 1.90 bits per heavy atom. The van der Waals surface area contributed by atoms with Crippen molar-refractivity contribution in [3.63, 3.8) is 0 Å². The Kier molecular flexibility index (Phi) is 7.29. The van der Waals surface area contributed by atoms with E-state index in [1.807, 2.05) is 26.8 Å². The monoisotopic (exact) mass is 315 g/mol. The fraction of sp³-hybridized carbons (Fsp3) is 0.625. The molecule has 0 atom stereocenters. The molecule has 0 unspecified atom stereocenters. The maximum atomic E-state index is 6.11. The van der Waals surface area contributed by atoms with Crippen molar-refractivity contribution in [3.05, 3.63) is 22.7 Å². The van der Waals surface area contributed by atoms with Gasteiger partial charge < -0.3 is 19.5 Å². The Labute approximate surface area is 132 Å². The van der Waals surface area contributed by atoms with E-state index in [9.17, 15) is 0 Å². The van der Waals surface area contributed by atoms with Crippen LogP contribution in [0.5, 0.6) is 11.5 Å². The summed E-state index contributed by atoms with van der Waals surface area (Å²) < 4.78 is 16.9. The van der Waals surface area contributed by atoms with Crippen molar-refractivity contribution in [3.8, 4) is 11.5 Å². The molecule has 0 radical (unpaired) electrons. The smallest absolute Gasteiger partial charge is 0.165 e. The van der Waals surface area contributed by atoms with Gasteiger partial charge in [0.25, 0.3) is 0 Å². The zero-order valence-electron chi connectivity index (χ0n) is 13.6. The molecule has 4 nitrogen and oxygen atoms in total.